The smallest absolute Gasteiger partial charge is 0.243 e. The van der Waals surface area contributed by atoms with Crippen molar-refractivity contribution in [3.05, 3.63) is 27.7 Å². The Kier molecular flexibility index (Phi) is 4.59. The molecule has 116 valence electrons. The number of hydrogen-bond donors (Lipinski definition) is 1. The van der Waals surface area contributed by atoms with E-state index in [0.717, 1.165) is 26.2 Å². The van der Waals surface area contributed by atoms with Crippen LogP contribution in [0, 0.1) is 0 Å². The van der Waals surface area contributed by atoms with E-state index >= 15 is 0 Å². The molecule has 1 aromatic rings. The van der Waals surface area contributed by atoms with Gasteiger partial charge >= 0.3 is 0 Å². The van der Waals surface area contributed by atoms with E-state index in [4.69, 9.17) is 11.6 Å². The molecule has 2 saturated heterocycles. The number of nitrogens with zero attached hydrogens (tertiary/aromatic N) is 2. The second-order valence-corrected chi connectivity index (χ2v) is 8.53. The molecule has 2 aliphatic heterocycles. The van der Waals surface area contributed by atoms with Crippen molar-refractivity contribution in [3.63, 3.8) is 0 Å². The van der Waals surface area contributed by atoms with Crippen molar-refractivity contribution in [2.45, 2.75) is 10.9 Å². The molecule has 0 aliphatic carbocycles. The summed E-state index contributed by atoms with van der Waals surface area (Å²) in [6.45, 7) is 4.69. The van der Waals surface area contributed by atoms with Gasteiger partial charge in [0, 0.05) is 49.8 Å². The lowest BCUT2D eigenvalue weighted by atomic mass is 10.1. The lowest BCUT2D eigenvalue weighted by Crippen LogP contribution is -2.62. The Morgan fingerprint density at radius 1 is 1.19 bits per heavy atom. The monoisotopic (exact) mass is 393 g/mol. The minimum absolute atomic E-state index is 0.289. The van der Waals surface area contributed by atoms with E-state index in [1.807, 2.05) is 0 Å². The molecule has 1 aromatic carbocycles. The molecule has 0 saturated carbocycles. The van der Waals surface area contributed by atoms with Gasteiger partial charge < -0.3 is 5.32 Å². The van der Waals surface area contributed by atoms with Gasteiger partial charge in [-0.2, -0.15) is 4.31 Å². The Labute approximate surface area is 138 Å². The molecule has 0 unspecified atom stereocenters. The van der Waals surface area contributed by atoms with Crippen LogP contribution >= 0.6 is 27.5 Å². The summed E-state index contributed by atoms with van der Waals surface area (Å²) in [5.41, 5.74) is 0. The summed E-state index contributed by atoms with van der Waals surface area (Å²) >= 11 is 9.20. The normalized spacial score (nSPS) is 22.2. The van der Waals surface area contributed by atoms with Crippen LogP contribution in [0.1, 0.15) is 0 Å². The van der Waals surface area contributed by atoms with Gasteiger partial charge in [0.2, 0.25) is 10.0 Å². The molecule has 2 fully saturated rings. The Morgan fingerprint density at radius 2 is 1.86 bits per heavy atom. The summed E-state index contributed by atoms with van der Waals surface area (Å²) < 4.78 is 27.4. The summed E-state index contributed by atoms with van der Waals surface area (Å²) in [5.74, 6) is 0. The first kappa shape index (κ1) is 15.7. The molecule has 1 N–H and O–H groups in total. The fourth-order valence-electron chi connectivity index (χ4n) is 2.63. The molecule has 8 heteroatoms. The Morgan fingerprint density at radius 3 is 2.38 bits per heavy atom. The molecular weight excluding hydrogens is 378 g/mol. The van der Waals surface area contributed by atoms with E-state index < -0.39 is 10.0 Å². The van der Waals surface area contributed by atoms with E-state index in [1.165, 1.54) is 0 Å². The van der Waals surface area contributed by atoms with Gasteiger partial charge in [0.05, 0.1) is 9.92 Å². The number of hydrogen-bond acceptors (Lipinski definition) is 4. The summed E-state index contributed by atoms with van der Waals surface area (Å²) in [7, 11) is -3.44. The van der Waals surface area contributed by atoms with Crippen LogP contribution in [0.25, 0.3) is 0 Å². The van der Waals surface area contributed by atoms with Crippen molar-refractivity contribution in [3.8, 4) is 0 Å². The molecule has 5 nitrogen and oxygen atoms in total. The second-order valence-electron chi connectivity index (χ2n) is 5.33. The van der Waals surface area contributed by atoms with Gasteiger partial charge in [0.15, 0.2) is 0 Å². The van der Waals surface area contributed by atoms with Crippen LogP contribution in [0.5, 0.6) is 0 Å². The van der Waals surface area contributed by atoms with Crippen molar-refractivity contribution in [2.75, 3.05) is 39.3 Å². The number of rotatable bonds is 3. The largest absolute Gasteiger partial charge is 0.314 e. The average Bonchev–Trinajstić information content (AvgIpc) is 2.40. The van der Waals surface area contributed by atoms with Crippen molar-refractivity contribution in [1.29, 1.82) is 0 Å². The Hall–Kier alpha value is -0.180. The molecular formula is C13H17BrClN3O2S. The molecule has 3 rings (SSSR count). The standard InChI is InChI=1S/C13H17BrClN3O2S/c14-12-7-11(1-2-13(12)15)21(19,20)18-5-3-17(4-6-18)10-8-16-9-10/h1-2,7,10,16H,3-6,8-9H2. The van der Waals surface area contributed by atoms with Crippen LogP contribution in [0.3, 0.4) is 0 Å². The third-order valence-electron chi connectivity index (χ3n) is 4.08. The lowest BCUT2D eigenvalue weighted by molar-refractivity contribution is 0.103. The quantitative estimate of drug-likeness (QED) is 0.841. The Bertz CT molecular complexity index is 628. The first-order chi connectivity index (χ1) is 9.98. The fraction of sp³-hybridized carbons (Fsp3) is 0.538. The minimum atomic E-state index is -3.44. The van der Waals surface area contributed by atoms with Crippen LogP contribution < -0.4 is 5.32 Å². The van der Waals surface area contributed by atoms with E-state index in [-0.39, 0.29) is 4.90 Å². The van der Waals surface area contributed by atoms with E-state index in [0.29, 0.717) is 28.6 Å². The second kappa shape index (κ2) is 6.14. The summed E-state index contributed by atoms with van der Waals surface area (Å²) in [4.78, 5) is 2.65. The Balaban J connectivity index is 1.72. The van der Waals surface area contributed by atoms with Crippen LogP contribution in [0.4, 0.5) is 0 Å². The lowest BCUT2D eigenvalue weighted by Gasteiger charge is -2.42. The highest BCUT2D eigenvalue weighted by molar-refractivity contribution is 9.10. The van der Waals surface area contributed by atoms with E-state index in [1.54, 1.807) is 22.5 Å². The SMILES string of the molecule is O=S(=O)(c1ccc(Cl)c(Br)c1)N1CCN(C2CNC2)CC1. The predicted molar refractivity (Wildman–Crippen MR) is 86.1 cm³/mol. The maximum atomic E-state index is 12.6. The van der Waals surface area contributed by atoms with Crippen molar-refractivity contribution < 1.29 is 8.42 Å². The highest BCUT2D eigenvalue weighted by Gasteiger charge is 2.32. The summed E-state index contributed by atoms with van der Waals surface area (Å²) in [6.07, 6.45) is 0. The number of halogens is 2. The fourth-order valence-corrected chi connectivity index (χ4v) is 4.72. The maximum absolute atomic E-state index is 12.6. The molecule has 0 radical (unpaired) electrons. The maximum Gasteiger partial charge on any atom is 0.243 e. The van der Waals surface area contributed by atoms with Gasteiger partial charge in [0.1, 0.15) is 0 Å². The average molecular weight is 395 g/mol. The van der Waals surface area contributed by atoms with E-state index in [2.05, 4.69) is 26.1 Å². The zero-order valence-corrected chi connectivity index (χ0v) is 14.6. The van der Waals surface area contributed by atoms with Gasteiger partial charge in [0.25, 0.3) is 0 Å². The molecule has 0 amide bonds. The van der Waals surface area contributed by atoms with Gasteiger partial charge in [-0.25, -0.2) is 8.42 Å². The zero-order valence-electron chi connectivity index (χ0n) is 11.4. The molecule has 0 spiro atoms. The van der Waals surface area contributed by atoms with Gasteiger partial charge in [-0.1, -0.05) is 11.6 Å². The molecule has 0 aromatic heterocycles. The van der Waals surface area contributed by atoms with E-state index in [9.17, 15) is 8.42 Å². The predicted octanol–water partition coefficient (Wildman–Crippen LogP) is 1.38. The third kappa shape index (κ3) is 3.13. The topological polar surface area (TPSA) is 52.7 Å². The number of benzene rings is 1. The van der Waals surface area contributed by atoms with Crippen LogP contribution in [0.2, 0.25) is 5.02 Å². The first-order valence-electron chi connectivity index (χ1n) is 6.88. The number of piperazine rings is 1. The molecule has 2 aliphatic rings. The molecule has 21 heavy (non-hydrogen) atoms. The summed E-state index contributed by atoms with van der Waals surface area (Å²) in [6, 6.07) is 5.30. The van der Waals surface area contributed by atoms with Gasteiger partial charge in [-0.15, -0.1) is 0 Å². The number of nitrogens with one attached hydrogen (secondary N) is 1. The van der Waals surface area contributed by atoms with Crippen molar-refractivity contribution in [1.82, 2.24) is 14.5 Å². The van der Waals surface area contributed by atoms with Crippen molar-refractivity contribution >= 4 is 37.6 Å². The molecule has 0 bridgehead atoms. The highest BCUT2D eigenvalue weighted by atomic mass is 79.9. The van der Waals surface area contributed by atoms with Gasteiger partial charge in [-0.3, -0.25) is 4.90 Å². The van der Waals surface area contributed by atoms with Crippen LogP contribution in [0.15, 0.2) is 27.6 Å². The van der Waals surface area contributed by atoms with Gasteiger partial charge in [-0.05, 0) is 34.1 Å². The zero-order chi connectivity index (χ0) is 15.0. The first-order valence-corrected chi connectivity index (χ1v) is 9.49. The summed E-state index contributed by atoms with van der Waals surface area (Å²) in [5, 5.41) is 3.76. The molecule has 0 atom stereocenters. The number of sulfonamides is 1. The van der Waals surface area contributed by atoms with Crippen LogP contribution in [-0.2, 0) is 10.0 Å². The minimum Gasteiger partial charge on any atom is -0.314 e. The molecule has 2 heterocycles. The highest BCUT2D eigenvalue weighted by Crippen LogP contribution is 2.27. The third-order valence-corrected chi connectivity index (χ3v) is 7.19. The van der Waals surface area contributed by atoms with Crippen LogP contribution in [-0.4, -0.2) is 62.9 Å². The van der Waals surface area contributed by atoms with Crippen molar-refractivity contribution in [2.24, 2.45) is 0 Å².